The van der Waals surface area contributed by atoms with Gasteiger partial charge in [0.1, 0.15) is 4.83 Å². The number of carbonyl (C=O) groups excluding carboxylic acids is 1. The fourth-order valence-corrected chi connectivity index (χ4v) is 4.35. The first-order chi connectivity index (χ1) is 11.0. The molecule has 2 atom stereocenters. The summed E-state index contributed by atoms with van der Waals surface area (Å²) >= 11 is 1.59. The average molecular weight is 332 g/mol. The lowest BCUT2D eigenvalue weighted by Crippen LogP contribution is -2.17. The number of ether oxygens (including phenoxy) is 1. The zero-order chi connectivity index (χ0) is 16.6. The summed E-state index contributed by atoms with van der Waals surface area (Å²) in [6.07, 6.45) is 5.43. The van der Waals surface area contributed by atoms with Gasteiger partial charge in [-0.1, -0.05) is 13.0 Å². The number of aromatic nitrogens is 2. The molecule has 0 saturated heterocycles. The highest BCUT2D eigenvalue weighted by atomic mass is 32.1. The molecule has 3 rings (SSSR count). The Morgan fingerprint density at radius 2 is 2.30 bits per heavy atom. The monoisotopic (exact) mass is 332 g/mol. The van der Waals surface area contributed by atoms with Crippen LogP contribution < -0.4 is 5.56 Å². The first kappa shape index (κ1) is 15.9. The Hall–Kier alpha value is -1.95. The van der Waals surface area contributed by atoms with Gasteiger partial charge in [-0.25, -0.2) is 9.78 Å². The van der Waals surface area contributed by atoms with Crippen LogP contribution in [0.5, 0.6) is 0 Å². The lowest BCUT2D eigenvalue weighted by molar-refractivity contribution is -0.142. The Morgan fingerprint density at radius 3 is 3.04 bits per heavy atom. The van der Waals surface area contributed by atoms with E-state index in [9.17, 15) is 9.59 Å². The molecule has 23 heavy (non-hydrogen) atoms. The molecular formula is C17H20N2O3S. The molecule has 2 aromatic heterocycles. The van der Waals surface area contributed by atoms with Gasteiger partial charge in [-0.2, -0.15) is 0 Å². The number of thiophene rings is 1. The number of nitrogens with one attached hydrogen (secondary N) is 1. The molecule has 5 nitrogen and oxygen atoms in total. The first-order valence-corrected chi connectivity index (χ1v) is 8.69. The van der Waals surface area contributed by atoms with Crippen LogP contribution in [-0.2, 0) is 22.4 Å². The molecule has 0 amide bonds. The van der Waals surface area contributed by atoms with Crippen LogP contribution in [0.2, 0.25) is 0 Å². The van der Waals surface area contributed by atoms with E-state index >= 15 is 0 Å². The third kappa shape index (κ3) is 3.08. The SMILES string of the molecule is C/C=C/C(=O)O[C@@H](C)c1nc2sc3c(c2c(=O)[nH]1)CC[C@H](C)C3. The molecule has 0 radical (unpaired) electrons. The highest BCUT2D eigenvalue weighted by molar-refractivity contribution is 7.18. The number of H-pyrrole nitrogens is 1. The van der Waals surface area contributed by atoms with Crippen LogP contribution in [0.15, 0.2) is 16.9 Å². The summed E-state index contributed by atoms with van der Waals surface area (Å²) in [4.78, 5) is 33.4. The molecule has 0 saturated carbocycles. The second kappa shape index (κ2) is 6.28. The molecule has 1 aliphatic carbocycles. The fourth-order valence-electron chi connectivity index (χ4n) is 2.96. The first-order valence-electron chi connectivity index (χ1n) is 7.87. The molecule has 0 aromatic carbocycles. The summed E-state index contributed by atoms with van der Waals surface area (Å²) in [7, 11) is 0. The van der Waals surface area contributed by atoms with Gasteiger partial charge in [-0.15, -0.1) is 11.3 Å². The summed E-state index contributed by atoms with van der Waals surface area (Å²) < 4.78 is 5.25. The maximum absolute atomic E-state index is 12.5. The Bertz CT molecular complexity index is 834. The molecular weight excluding hydrogens is 312 g/mol. The van der Waals surface area contributed by atoms with E-state index in [1.54, 1.807) is 31.3 Å². The molecule has 0 bridgehead atoms. The molecule has 1 aliphatic rings. The van der Waals surface area contributed by atoms with Crippen molar-refractivity contribution in [3.8, 4) is 0 Å². The number of carbonyl (C=O) groups is 1. The second-order valence-electron chi connectivity index (χ2n) is 6.06. The number of nitrogens with zero attached hydrogens (tertiary/aromatic N) is 1. The zero-order valence-electron chi connectivity index (χ0n) is 13.5. The Balaban J connectivity index is 1.98. The van der Waals surface area contributed by atoms with E-state index in [1.165, 1.54) is 11.0 Å². The van der Waals surface area contributed by atoms with Crippen molar-refractivity contribution < 1.29 is 9.53 Å². The topological polar surface area (TPSA) is 72.0 Å². The van der Waals surface area contributed by atoms with Crippen LogP contribution in [-0.4, -0.2) is 15.9 Å². The lowest BCUT2D eigenvalue weighted by atomic mass is 9.89. The molecule has 0 fully saturated rings. The third-order valence-corrected chi connectivity index (χ3v) is 5.31. The molecule has 0 spiro atoms. The van der Waals surface area contributed by atoms with Crippen molar-refractivity contribution in [2.75, 3.05) is 0 Å². The Morgan fingerprint density at radius 1 is 1.52 bits per heavy atom. The fraction of sp³-hybridized carbons (Fsp3) is 0.471. The number of aromatic amines is 1. The van der Waals surface area contributed by atoms with Crippen molar-refractivity contribution >= 4 is 27.5 Å². The van der Waals surface area contributed by atoms with E-state index in [-0.39, 0.29) is 5.56 Å². The summed E-state index contributed by atoms with van der Waals surface area (Å²) in [6.45, 7) is 5.69. The number of hydrogen-bond donors (Lipinski definition) is 1. The number of hydrogen-bond acceptors (Lipinski definition) is 5. The summed E-state index contributed by atoms with van der Waals surface area (Å²) in [6, 6.07) is 0. The van der Waals surface area contributed by atoms with Gasteiger partial charge in [0.2, 0.25) is 0 Å². The molecule has 2 heterocycles. The van der Waals surface area contributed by atoms with E-state index in [0.29, 0.717) is 17.1 Å². The van der Waals surface area contributed by atoms with E-state index in [4.69, 9.17) is 4.74 Å². The minimum atomic E-state index is -0.589. The highest BCUT2D eigenvalue weighted by Gasteiger charge is 2.24. The van der Waals surface area contributed by atoms with Gasteiger partial charge in [-0.3, -0.25) is 4.79 Å². The van der Waals surface area contributed by atoms with Crippen LogP contribution in [0.1, 0.15) is 49.6 Å². The van der Waals surface area contributed by atoms with Crippen LogP contribution in [0.25, 0.3) is 10.2 Å². The van der Waals surface area contributed by atoms with Crippen molar-refractivity contribution in [3.05, 3.63) is 38.8 Å². The van der Waals surface area contributed by atoms with Crippen molar-refractivity contribution in [2.45, 2.75) is 46.1 Å². The molecule has 0 unspecified atom stereocenters. The normalized spacial score (nSPS) is 19.0. The molecule has 2 aromatic rings. The summed E-state index contributed by atoms with van der Waals surface area (Å²) in [5, 5.41) is 0.715. The van der Waals surface area contributed by atoms with Crippen LogP contribution in [0.3, 0.4) is 0 Å². The smallest absolute Gasteiger partial charge is 0.331 e. The molecule has 0 aliphatic heterocycles. The van der Waals surface area contributed by atoms with Crippen molar-refractivity contribution in [1.82, 2.24) is 9.97 Å². The maximum Gasteiger partial charge on any atom is 0.331 e. The standard InChI is InChI=1S/C17H20N2O3S/c1-4-5-13(20)22-10(3)15-18-16(21)14-11-7-6-9(2)8-12(11)23-17(14)19-15/h4-5,9-10H,6-8H2,1-3H3,(H,18,19,21)/b5-4+/t9-,10-/m0/s1. The average Bonchev–Trinajstić information content (AvgIpc) is 2.84. The van der Waals surface area contributed by atoms with E-state index in [0.717, 1.165) is 29.7 Å². The Kier molecular flexibility index (Phi) is 4.35. The van der Waals surface area contributed by atoms with Gasteiger partial charge >= 0.3 is 5.97 Å². The molecule has 122 valence electrons. The van der Waals surface area contributed by atoms with Gasteiger partial charge in [0, 0.05) is 11.0 Å². The maximum atomic E-state index is 12.5. The largest absolute Gasteiger partial charge is 0.451 e. The Labute approximate surface area is 138 Å². The predicted octanol–water partition coefficient (Wildman–Crippen LogP) is 3.29. The summed E-state index contributed by atoms with van der Waals surface area (Å²) in [5.74, 6) is 0.601. The predicted molar refractivity (Wildman–Crippen MR) is 90.8 cm³/mol. The van der Waals surface area contributed by atoms with Gasteiger partial charge in [-0.05, 0) is 44.6 Å². The zero-order valence-corrected chi connectivity index (χ0v) is 14.3. The van der Waals surface area contributed by atoms with Crippen LogP contribution >= 0.6 is 11.3 Å². The van der Waals surface area contributed by atoms with Gasteiger partial charge < -0.3 is 9.72 Å². The van der Waals surface area contributed by atoms with E-state index in [2.05, 4.69) is 16.9 Å². The minimum absolute atomic E-state index is 0.133. The number of allylic oxidation sites excluding steroid dienone is 1. The number of rotatable bonds is 3. The van der Waals surface area contributed by atoms with Gasteiger partial charge in [0.25, 0.3) is 5.56 Å². The minimum Gasteiger partial charge on any atom is -0.451 e. The van der Waals surface area contributed by atoms with Crippen LogP contribution in [0.4, 0.5) is 0 Å². The number of esters is 1. The number of aryl methyl sites for hydroxylation is 1. The molecule has 6 heteroatoms. The van der Waals surface area contributed by atoms with Crippen molar-refractivity contribution in [2.24, 2.45) is 5.92 Å². The van der Waals surface area contributed by atoms with Gasteiger partial charge in [0.05, 0.1) is 5.39 Å². The number of fused-ring (bicyclic) bond motifs is 3. The summed E-state index contributed by atoms with van der Waals surface area (Å²) in [5.41, 5.74) is 1.02. The lowest BCUT2D eigenvalue weighted by Gasteiger charge is -2.17. The third-order valence-electron chi connectivity index (χ3n) is 4.16. The van der Waals surface area contributed by atoms with Crippen LogP contribution in [0, 0.1) is 5.92 Å². The van der Waals surface area contributed by atoms with Gasteiger partial charge in [0.15, 0.2) is 11.9 Å². The molecule has 1 N–H and O–H groups in total. The highest BCUT2D eigenvalue weighted by Crippen LogP contribution is 2.35. The quantitative estimate of drug-likeness (QED) is 0.691. The van der Waals surface area contributed by atoms with E-state index in [1.807, 2.05) is 0 Å². The van der Waals surface area contributed by atoms with E-state index < -0.39 is 12.1 Å². The van der Waals surface area contributed by atoms with Crippen molar-refractivity contribution in [3.63, 3.8) is 0 Å². The second-order valence-corrected chi connectivity index (χ2v) is 7.15. The van der Waals surface area contributed by atoms with Crippen molar-refractivity contribution in [1.29, 1.82) is 0 Å².